The lowest BCUT2D eigenvalue weighted by molar-refractivity contribution is -0.272. The number of ketones is 2. The maximum Gasteiger partial charge on any atom is 0.220 e. The Morgan fingerprint density at radius 2 is 1.91 bits per heavy atom. The maximum atomic E-state index is 13.3. The molecule has 1 spiro atoms. The highest BCUT2D eigenvalue weighted by Crippen LogP contribution is 2.69. The summed E-state index contributed by atoms with van der Waals surface area (Å²) in [6, 6.07) is 7.51. The standard InChI is InChI=1S/C39H47N3O5/c1-23-6-8-26(9-7-23)33(44)20-42-19-28(40-41-42)22-45-35-18-38(5)27(16-32(35)43)10-11-29-30(38)13-14-37(4)31(29)17-34-36(37)25(3)39(47-34)15-12-24(2)21-46-39/h6-11,16,18-19,24-25,29-31,34,36H,12-15,17,20-22H2,1-5H3/t24-,25+,29-,30+,31+,34+,36+,37+,38+,39-/m1/s1. The number of Topliss-reactive ketones (excluding diaryl/α,β-unsaturated/α-hetero) is 1. The molecule has 0 bridgehead atoms. The van der Waals surface area contributed by atoms with Gasteiger partial charge in [0.25, 0.3) is 0 Å². The van der Waals surface area contributed by atoms with Crippen LogP contribution < -0.4 is 0 Å². The molecule has 248 valence electrons. The third-order valence-electron chi connectivity index (χ3n) is 13.1. The van der Waals surface area contributed by atoms with Crippen molar-refractivity contribution in [2.45, 2.75) is 91.8 Å². The van der Waals surface area contributed by atoms with Gasteiger partial charge in [0.1, 0.15) is 18.8 Å². The molecule has 2 aromatic rings. The molecule has 10 atom stereocenters. The molecule has 6 aliphatic rings. The zero-order chi connectivity index (χ0) is 32.7. The lowest BCUT2D eigenvalue weighted by atomic mass is 9.49. The number of hydrogen-bond donors (Lipinski definition) is 0. The van der Waals surface area contributed by atoms with Crippen molar-refractivity contribution in [2.24, 2.45) is 46.3 Å². The molecule has 3 heterocycles. The number of benzene rings is 1. The van der Waals surface area contributed by atoms with Crippen LogP contribution in [0.3, 0.4) is 0 Å². The molecule has 0 unspecified atom stereocenters. The van der Waals surface area contributed by atoms with E-state index < -0.39 is 5.79 Å². The van der Waals surface area contributed by atoms with Gasteiger partial charge in [-0.05, 0) is 85.3 Å². The van der Waals surface area contributed by atoms with Crippen molar-refractivity contribution in [3.63, 3.8) is 0 Å². The van der Waals surface area contributed by atoms with E-state index in [2.05, 4.69) is 56.2 Å². The number of rotatable bonds is 6. The molecular formula is C39H47N3O5. The first-order valence-corrected chi connectivity index (χ1v) is 17.6. The fraction of sp³-hybridized carbons (Fsp3) is 0.590. The van der Waals surface area contributed by atoms with Gasteiger partial charge >= 0.3 is 0 Å². The smallest absolute Gasteiger partial charge is 0.220 e. The Morgan fingerprint density at radius 3 is 2.68 bits per heavy atom. The normalized spacial score (nSPS) is 40.3. The molecule has 47 heavy (non-hydrogen) atoms. The van der Waals surface area contributed by atoms with Gasteiger partial charge < -0.3 is 14.2 Å². The van der Waals surface area contributed by atoms with E-state index in [-0.39, 0.29) is 41.7 Å². The Labute approximate surface area is 277 Å². The van der Waals surface area contributed by atoms with Crippen LogP contribution >= 0.6 is 0 Å². The first-order chi connectivity index (χ1) is 22.5. The van der Waals surface area contributed by atoms with Crippen LogP contribution in [0.15, 0.2) is 66.1 Å². The first-order valence-electron chi connectivity index (χ1n) is 17.6. The molecule has 0 radical (unpaired) electrons. The second kappa shape index (κ2) is 11.1. The van der Waals surface area contributed by atoms with E-state index in [1.165, 1.54) is 11.1 Å². The Morgan fingerprint density at radius 1 is 1.11 bits per heavy atom. The summed E-state index contributed by atoms with van der Waals surface area (Å²) in [5, 5.41) is 8.35. The van der Waals surface area contributed by atoms with Crippen molar-refractivity contribution >= 4 is 11.6 Å². The van der Waals surface area contributed by atoms with Gasteiger partial charge in [-0.25, -0.2) is 4.68 Å². The summed E-state index contributed by atoms with van der Waals surface area (Å²) in [5.41, 5.74) is 3.30. The molecule has 1 aromatic carbocycles. The van der Waals surface area contributed by atoms with Gasteiger partial charge in [0.2, 0.25) is 5.78 Å². The predicted molar refractivity (Wildman–Crippen MR) is 176 cm³/mol. The van der Waals surface area contributed by atoms with Gasteiger partial charge in [-0.3, -0.25) is 9.59 Å². The summed E-state index contributed by atoms with van der Waals surface area (Å²) >= 11 is 0. The number of nitrogens with zero attached hydrogens (tertiary/aromatic N) is 3. The van der Waals surface area contributed by atoms with Crippen LogP contribution in [0.2, 0.25) is 0 Å². The minimum absolute atomic E-state index is 0.0371. The summed E-state index contributed by atoms with van der Waals surface area (Å²) in [7, 11) is 0. The minimum Gasteiger partial charge on any atom is -0.483 e. The molecule has 0 N–H and O–H groups in total. The third-order valence-corrected chi connectivity index (χ3v) is 13.1. The number of aromatic nitrogens is 3. The highest BCUT2D eigenvalue weighted by Gasteiger charge is 2.68. The molecule has 0 amide bonds. The van der Waals surface area contributed by atoms with Crippen molar-refractivity contribution in [3.05, 3.63) is 82.9 Å². The fourth-order valence-electron chi connectivity index (χ4n) is 10.5. The third kappa shape index (κ3) is 4.92. The number of carbonyl (C=O) groups excluding carboxylic acids is 2. The number of aryl methyl sites for hydroxylation is 1. The second-order valence-corrected chi connectivity index (χ2v) is 15.9. The topological polar surface area (TPSA) is 92.5 Å². The zero-order valence-electron chi connectivity index (χ0n) is 28.3. The predicted octanol–water partition coefficient (Wildman–Crippen LogP) is 6.80. The van der Waals surface area contributed by atoms with E-state index in [1.54, 1.807) is 12.3 Å². The van der Waals surface area contributed by atoms with Crippen molar-refractivity contribution < 1.29 is 23.8 Å². The molecule has 4 aliphatic carbocycles. The molecular weight excluding hydrogens is 590 g/mol. The summed E-state index contributed by atoms with van der Waals surface area (Å²) < 4.78 is 21.1. The van der Waals surface area contributed by atoms with E-state index in [0.717, 1.165) is 43.4 Å². The molecule has 8 heteroatoms. The molecule has 8 rings (SSSR count). The van der Waals surface area contributed by atoms with Crippen LogP contribution in [0, 0.1) is 53.3 Å². The highest BCUT2D eigenvalue weighted by molar-refractivity contribution is 6.04. The summed E-state index contributed by atoms with van der Waals surface area (Å²) in [6.45, 7) is 12.5. The summed E-state index contributed by atoms with van der Waals surface area (Å²) in [5.74, 6) is 2.62. The van der Waals surface area contributed by atoms with Gasteiger partial charge in [0.05, 0.1) is 18.9 Å². The Bertz CT molecular complexity index is 1680. The van der Waals surface area contributed by atoms with Crippen molar-refractivity contribution in [1.29, 1.82) is 0 Å². The van der Waals surface area contributed by atoms with Crippen LogP contribution in [0.1, 0.15) is 81.4 Å². The van der Waals surface area contributed by atoms with Gasteiger partial charge in [-0.1, -0.05) is 74.9 Å². The highest BCUT2D eigenvalue weighted by atomic mass is 16.7. The Hall–Kier alpha value is -3.36. The van der Waals surface area contributed by atoms with E-state index in [9.17, 15) is 9.59 Å². The number of fused-ring (bicyclic) bond motifs is 7. The second-order valence-electron chi connectivity index (χ2n) is 15.9. The SMILES string of the molecule is Cc1ccc(C(=O)Cn2cc(COC3=C[C@@]4(C)C(=CC3=O)C=C[C@H]3[C@@H]5C[C@@H]6O[C@]7(CC[C@@H](C)CO7)[C@@H](C)[C@@H]6[C@@]5(C)CC[C@@H]34)nn2)cc1. The molecule has 2 saturated heterocycles. The lowest BCUT2D eigenvalue weighted by Crippen LogP contribution is -2.51. The monoisotopic (exact) mass is 637 g/mol. The van der Waals surface area contributed by atoms with Crippen molar-refractivity contribution in [3.8, 4) is 0 Å². The minimum atomic E-state index is -0.405. The maximum absolute atomic E-state index is 13.3. The number of carbonyl (C=O) groups is 2. The largest absolute Gasteiger partial charge is 0.483 e. The van der Waals surface area contributed by atoms with Gasteiger partial charge in [-0.15, -0.1) is 5.10 Å². The summed E-state index contributed by atoms with van der Waals surface area (Å²) in [4.78, 5) is 26.0. The van der Waals surface area contributed by atoms with Crippen LogP contribution in [-0.4, -0.2) is 45.1 Å². The van der Waals surface area contributed by atoms with E-state index >= 15 is 0 Å². The Balaban J connectivity index is 0.967. The average molecular weight is 638 g/mol. The van der Waals surface area contributed by atoms with Crippen molar-refractivity contribution in [1.82, 2.24) is 15.0 Å². The fourth-order valence-corrected chi connectivity index (χ4v) is 10.5. The number of ether oxygens (including phenoxy) is 3. The molecule has 2 saturated carbocycles. The van der Waals surface area contributed by atoms with Crippen molar-refractivity contribution in [2.75, 3.05) is 6.61 Å². The van der Waals surface area contributed by atoms with E-state index in [0.29, 0.717) is 52.5 Å². The van der Waals surface area contributed by atoms with Gasteiger partial charge in [0.15, 0.2) is 17.3 Å². The molecule has 2 aliphatic heterocycles. The molecule has 8 nitrogen and oxygen atoms in total. The van der Waals surface area contributed by atoms with E-state index in [4.69, 9.17) is 14.2 Å². The Kier molecular flexibility index (Phi) is 7.30. The van der Waals surface area contributed by atoms with Crippen LogP contribution in [-0.2, 0) is 32.2 Å². The molecule has 4 fully saturated rings. The van der Waals surface area contributed by atoms with E-state index in [1.807, 2.05) is 31.2 Å². The number of hydrogen-bond acceptors (Lipinski definition) is 7. The molecule has 1 aromatic heterocycles. The van der Waals surface area contributed by atoms with Crippen LogP contribution in [0.25, 0.3) is 0 Å². The lowest BCUT2D eigenvalue weighted by Gasteiger charge is -2.55. The quantitative estimate of drug-likeness (QED) is 0.322. The zero-order valence-corrected chi connectivity index (χ0v) is 28.3. The van der Waals surface area contributed by atoms with Crippen LogP contribution in [0.5, 0.6) is 0 Å². The van der Waals surface area contributed by atoms with Gasteiger partial charge in [0, 0.05) is 23.3 Å². The van der Waals surface area contributed by atoms with Gasteiger partial charge in [-0.2, -0.15) is 0 Å². The summed E-state index contributed by atoms with van der Waals surface area (Å²) in [6.07, 6.45) is 15.9. The first kappa shape index (κ1) is 30.9. The number of allylic oxidation sites excluding steroid dienone is 5. The average Bonchev–Trinajstić information content (AvgIpc) is 3.70. The van der Waals surface area contributed by atoms with Crippen LogP contribution in [0.4, 0.5) is 0 Å².